The van der Waals surface area contributed by atoms with Crippen LogP contribution in [0.15, 0.2) is 42.5 Å². The van der Waals surface area contributed by atoms with Crippen molar-refractivity contribution in [3.8, 4) is 5.75 Å². The van der Waals surface area contributed by atoms with Gasteiger partial charge in [0.15, 0.2) is 0 Å². The van der Waals surface area contributed by atoms with Crippen LogP contribution in [0.3, 0.4) is 0 Å². The first-order valence-electron chi connectivity index (χ1n) is 8.90. The fourth-order valence-electron chi connectivity index (χ4n) is 3.30. The molecule has 1 saturated heterocycles. The molecular formula is C21H23N3O4. The van der Waals surface area contributed by atoms with Crippen LogP contribution in [0.1, 0.15) is 23.6 Å². The van der Waals surface area contributed by atoms with Gasteiger partial charge in [-0.3, -0.25) is 14.5 Å². The summed E-state index contributed by atoms with van der Waals surface area (Å²) in [6.45, 7) is 5.04. The topological polar surface area (TPSA) is 87.7 Å². The van der Waals surface area contributed by atoms with Gasteiger partial charge in [-0.1, -0.05) is 23.8 Å². The number of hydrogen-bond donors (Lipinski definition) is 2. The fraction of sp³-hybridized carbons (Fsp3) is 0.286. The number of amides is 4. The first-order valence-corrected chi connectivity index (χ1v) is 8.90. The number of methoxy groups -OCH3 is 1. The van der Waals surface area contributed by atoms with Crippen LogP contribution >= 0.6 is 0 Å². The van der Waals surface area contributed by atoms with Crippen molar-refractivity contribution in [1.82, 2.24) is 10.2 Å². The van der Waals surface area contributed by atoms with Crippen LogP contribution in [0, 0.1) is 13.8 Å². The Morgan fingerprint density at radius 1 is 1.14 bits per heavy atom. The van der Waals surface area contributed by atoms with E-state index in [2.05, 4.69) is 10.6 Å². The summed E-state index contributed by atoms with van der Waals surface area (Å²) in [6, 6.07) is 12.1. The summed E-state index contributed by atoms with van der Waals surface area (Å²) < 4.78 is 5.37. The van der Waals surface area contributed by atoms with Gasteiger partial charge >= 0.3 is 6.03 Å². The second-order valence-electron chi connectivity index (χ2n) is 7.07. The Bertz CT molecular complexity index is 956. The van der Waals surface area contributed by atoms with Crippen molar-refractivity contribution < 1.29 is 19.1 Å². The normalized spacial score (nSPS) is 18.8. The van der Waals surface area contributed by atoms with E-state index < -0.39 is 23.4 Å². The molecule has 0 aromatic heterocycles. The Hall–Kier alpha value is -3.35. The minimum atomic E-state index is -1.31. The number of carbonyl (C=O) groups excluding carboxylic acids is 3. The lowest BCUT2D eigenvalue weighted by Crippen LogP contribution is -2.42. The van der Waals surface area contributed by atoms with E-state index >= 15 is 0 Å². The number of urea groups is 1. The molecular weight excluding hydrogens is 358 g/mol. The zero-order chi connectivity index (χ0) is 20.5. The van der Waals surface area contributed by atoms with E-state index in [1.165, 1.54) is 7.11 Å². The predicted octanol–water partition coefficient (Wildman–Crippen LogP) is 2.72. The molecule has 1 fully saturated rings. The second-order valence-corrected chi connectivity index (χ2v) is 7.07. The average Bonchev–Trinajstić information content (AvgIpc) is 2.85. The van der Waals surface area contributed by atoms with E-state index in [-0.39, 0.29) is 6.54 Å². The third kappa shape index (κ3) is 3.55. The maximum Gasteiger partial charge on any atom is 0.325 e. The zero-order valence-corrected chi connectivity index (χ0v) is 16.3. The van der Waals surface area contributed by atoms with Crippen molar-refractivity contribution in [3.05, 3.63) is 59.2 Å². The number of anilines is 1. The molecule has 4 amide bonds. The molecule has 1 aliphatic heterocycles. The molecule has 0 aliphatic carbocycles. The maximum absolute atomic E-state index is 13.1. The summed E-state index contributed by atoms with van der Waals surface area (Å²) >= 11 is 0. The van der Waals surface area contributed by atoms with Crippen molar-refractivity contribution in [2.45, 2.75) is 26.3 Å². The SMILES string of the molecule is COc1ccc(C)cc1[C@]1(C)NC(=O)N(CC(=O)Nc2cccc(C)c2)C1=O. The van der Waals surface area contributed by atoms with Crippen LogP contribution in [0.25, 0.3) is 0 Å². The fourth-order valence-corrected chi connectivity index (χ4v) is 3.30. The second kappa shape index (κ2) is 7.34. The molecule has 1 heterocycles. The van der Waals surface area contributed by atoms with Crippen molar-refractivity contribution in [2.24, 2.45) is 0 Å². The lowest BCUT2D eigenvalue weighted by atomic mass is 9.90. The summed E-state index contributed by atoms with van der Waals surface area (Å²) in [5.74, 6) is -0.455. The van der Waals surface area contributed by atoms with Crippen molar-refractivity contribution in [1.29, 1.82) is 0 Å². The summed E-state index contributed by atoms with van der Waals surface area (Å²) in [6.07, 6.45) is 0. The maximum atomic E-state index is 13.1. The number of hydrogen-bond acceptors (Lipinski definition) is 4. The molecule has 0 unspecified atom stereocenters. The van der Waals surface area contributed by atoms with Gasteiger partial charge in [0.05, 0.1) is 7.11 Å². The van der Waals surface area contributed by atoms with Gasteiger partial charge in [0.2, 0.25) is 5.91 Å². The molecule has 0 spiro atoms. The number of benzene rings is 2. The number of ether oxygens (including phenoxy) is 1. The summed E-state index contributed by atoms with van der Waals surface area (Å²) in [5.41, 5.74) is 1.77. The molecule has 0 bridgehead atoms. The van der Waals surface area contributed by atoms with E-state index in [4.69, 9.17) is 4.74 Å². The van der Waals surface area contributed by atoms with Crippen LogP contribution in [-0.4, -0.2) is 36.4 Å². The van der Waals surface area contributed by atoms with Crippen LogP contribution in [-0.2, 0) is 15.1 Å². The highest BCUT2D eigenvalue weighted by atomic mass is 16.5. The Labute approximate surface area is 163 Å². The molecule has 0 saturated carbocycles. The molecule has 2 aromatic rings. The van der Waals surface area contributed by atoms with Gasteiger partial charge in [-0.25, -0.2) is 4.79 Å². The first kappa shape index (κ1) is 19.4. The van der Waals surface area contributed by atoms with Crippen LogP contribution in [0.5, 0.6) is 5.75 Å². The van der Waals surface area contributed by atoms with Crippen molar-refractivity contribution >= 4 is 23.5 Å². The first-order chi connectivity index (χ1) is 13.2. The monoisotopic (exact) mass is 381 g/mol. The number of carbonyl (C=O) groups is 3. The lowest BCUT2D eigenvalue weighted by molar-refractivity contribution is -0.133. The van der Waals surface area contributed by atoms with E-state index in [0.29, 0.717) is 17.0 Å². The molecule has 2 aromatic carbocycles. The lowest BCUT2D eigenvalue weighted by Gasteiger charge is -2.24. The van der Waals surface area contributed by atoms with Gasteiger partial charge in [0.1, 0.15) is 17.8 Å². The average molecular weight is 381 g/mol. The molecule has 1 aliphatic rings. The summed E-state index contributed by atoms with van der Waals surface area (Å²) in [7, 11) is 1.51. The molecule has 7 nitrogen and oxygen atoms in total. The highest BCUT2D eigenvalue weighted by Gasteiger charge is 2.50. The van der Waals surface area contributed by atoms with E-state index in [9.17, 15) is 14.4 Å². The molecule has 146 valence electrons. The third-order valence-electron chi connectivity index (χ3n) is 4.77. The number of nitrogens with zero attached hydrogens (tertiary/aromatic N) is 1. The zero-order valence-electron chi connectivity index (χ0n) is 16.3. The minimum absolute atomic E-state index is 0.373. The quantitative estimate of drug-likeness (QED) is 0.780. The molecule has 28 heavy (non-hydrogen) atoms. The number of nitrogens with one attached hydrogen (secondary N) is 2. The van der Waals surface area contributed by atoms with Gasteiger partial charge in [-0.2, -0.15) is 0 Å². The highest BCUT2D eigenvalue weighted by molar-refractivity contribution is 6.10. The molecule has 7 heteroatoms. The Kier molecular flexibility index (Phi) is 5.09. The summed E-state index contributed by atoms with van der Waals surface area (Å²) in [5, 5.41) is 5.42. The van der Waals surface area contributed by atoms with Crippen LogP contribution in [0.4, 0.5) is 10.5 Å². The molecule has 1 atom stereocenters. The van der Waals surface area contributed by atoms with E-state index in [0.717, 1.165) is 16.0 Å². The largest absolute Gasteiger partial charge is 0.496 e. The van der Waals surface area contributed by atoms with E-state index in [1.807, 2.05) is 38.1 Å². The number of aryl methyl sites for hydroxylation is 2. The number of rotatable bonds is 5. The predicted molar refractivity (Wildman–Crippen MR) is 105 cm³/mol. The van der Waals surface area contributed by atoms with Crippen molar-refractivity contribution in [2.75, 3.05) is 19.0 Å². The highest BCUT2D eigenvalue weighted by Crippen LogP contribution is 2.35. The standard InChI is InChI=1S/C21H23N3O4/c1-13-6-5-7-15(10-13)22-18(25)12-24-19(26)21(3,23-20(24)27)16-11-14(2)8-9-17(16)28-4/h5-11H,12H2,1-4H3,(H,22,25)(H,23,27)/t21-/m0/s1. The number of imide groups is 1. The van der Waals surface area contributed by atoms with Gasteiger partial charge < -0.3 is 15.4 Å². The van der Waals surface area contributed by atoms with Gasteiger partial charge in [-0.05, 0) is 50.6 Å². The Morgan fingerprint density at radius 2 is 1.86 bits per heavy atom. The summed E-state index contributed by atoms with van der Waals surface area (Å²) in [4.78, 5) is 38.8. The molecule has 0 radical (unpaired) electrons. The van der Waals surface area contributed by atoms with Gasteiger partial charge in [0.25, 0.3) is 5.91 Å². The molecule has 3 rings (SSSR count). The third-order valence-corrected chi connectivity index (χ3v) is 4.77. The van der Waals surface area contributed by atoms with Crippen molar-refractivity contribution in [3.63, 3.8) is 0 Å². The van der Waals surface area contributed by atoms with E-state index in [1.54, 1.807) is 25.1 Å². The Morgan fingerprint density at radius 3 is 2.54 bits per heavy atom. The minimum Gasteiger partial charge on any atom is -0.496 e. The van der Waals surface area contributed by atoms with Gasteiger partial charge in [0, 0.05) is 11.3 Å². The van der Waals surface area contributed by atoms with Gasteiger partial charge in [-0.15, -0.1) is 0 Å². The Balaban J connectivity index is 1.82. The molecule has 2 N–H and O–H groups in total. The smallest absolute Gasteiger partial charge is 0.325 e. The van der Waals surface area contributed by atoms with Crippen LogP contribution in [0.2, 0.25) is 0 Å². The van der Waals surface area contributed by atoms with Crippen LogP contribution < -0.4 is 15.4 Å².